The van der Waals surface area contributed by atoms with Crippen molar-refractivity contribution in [3.8, 4) is 0 Å². The summed E-state index contributed by atoms with van der Waals surface area (Å²) in [4.78, 5) is 24.1. The first-order chi connectivity index (χ1) is 10.9. The number of ether oxygens (including phenoxy) is 2. The Bertz CT molecular complexity index is 567. The third-order valence-electron chi connectivity index (χ3n) is 4.99. The van der Waals surface area contributed by atoms with E-state index in [1.807, 2.05) is 0 Å². The fourth-order valence-electron chi connectivity index (χ4n) is 3.60. The van der Waals surface area contributed by atoms with Crippen LogP contribution in [0.25, 0.3) is 0 Å². The number of ketones is 2. The largest absolute Gasteiger partial charge is 0.411 e. The van der Waals surface area contributed by atoms with Crippen LogP contribution < -0.4 is 0 Å². The number of Topliss-reactive ketones (excluding diaryl/α,β-unsaturated/α-hetero) is 2. The molecule has 0 aromatic carbocycles. The summed E-state index contributed by atoms with van der Waals surface area (Å²) in [6.07, 6.45) is -3.18. The maximum absolute atomic E-state index is 12.8. The van der Waals surface area contributed by atoms with Crippen LogP contribution in [-0.4, -0.2) is 41.7 Å². The molecule has 2 bridgehead atoms. The monoisotopic (exact) mass is 348 g/mol. The standard InChI is InChI=1S/C17H23F3O4/c1-10(2)17(23-9-16(18,19)20)13(22)8-15(6-5-12(4)21)11(3)7-14(17)24-15/h7,10,14H,5-6,8-9H2,1-4H3/t14-,15-,17+/m0/s1. The Kier molecular flexibility index (Phi) is 4.99. The average molecular weight is 348 g/mol. The number of fused-ring (bicyclic) bond motifs is 2. The molecule has 2 aliphatic rings. The zero-order chi connectivity index (χ0) is 18.3. The van der Waals surface area contributed by atoms with E-state index in [9.17, 15) is 22.8 Å². The molecular formula is C17H23F3O4. The van der Waals surface area contributed by atoms with Crippen LogP contribution in [0, 0.1) is 5.92 Å². The van der Waals surface area contributed by atoms with E-state index in [4.69, 9.17) is 9.47 Å². The average Bonchev–Trinajstić information content (AvgIpc) is 2.69. The molecule has 0 amide bonds. The van der Waals surface area contributed by atoms with Crippen molar-refractivity contribution in [3.63, 3.8) is 0 Å². The first kappa shape index (κ1) is 19.1. The highest BCUT2D eigenvalue weighted by Gasteiger charge is 2.61. The van der Waals surface area contributed by atoms with E-state index in [0.717, 1.165) is 5.57 Å². The second kappa shape index (κ2) is 6.26. The van der Waals surface area contributed by atoms with Crippen LogP contribution in [0.5, 0.6) is 0 Å². The van der Waals surface area contributed by atoms with Crippen molar-refractivity contribution in [1.82, 2.24) is 0 Å². The van der Waals surface area contributed by atoms with Crippen molar-refractivity contribution in [3.05, 3.63) is 11.6 Å². The van der Waals surface area contributed by atoms with Gasteiger partial charge in [-0.05, 0) is 31.8 Å². The summed E-state index contributed by atoms with van der Waals surface area (Å²) in [6, 6.07) is 0. The van der Waals surface area contributed by atoms with Crippen molar-refractivity contribution in [2.75, 3.05) is 6.61 Å². The van der Waals surface area contributed by atoms with Crippen LogP contribution in [0.15, 0.2) is 11.6 Å². The van der Waals surface area contributed by atoms with Gasteiger partial charge >= 0.3 is 6.18 Å². The highest BCUT2D eigenvalue weighted by atomic mass is 19.4. The van der Waals surface area contributed by atoms with Gasteiger partial charge in [0, 0.05) is 12.8 Å². The van der Waals surface area contributed by atoms with Crippen LogP contribution >= 0.6 is 0 Å². The molecule has 0 saturated carbocycles. The van der Waals surface area contributed by atoms with E-state index in [-0.39, 0.29) is 18.6 Å². The summed E-state index contributed by atoms with van der Waals surface area (Å²) in [6.45, 7) is 5.05. The van der Waals surface area contributed by atoms with Crippen LogP contribution in [0.4, 0.5) is 13.2 Å². The predicted octanol–water partition coefficient (Wildman–Crippen LogP) is 3.39. The molecule has 0 aliphatic carbocycles. The van der Waals surface area contributed by atoms with Gasteiger partial charge in [-0.3, -0.25) is 4.79 Å². The lowest BCUT2D eigenvalue weighted by Crippen LogP contribution is -2.62. The summed E-state index contributed by atoms with van der Waals surface area (Å²) in [5, 5.41) is 0. The van der Waals surface area contributed by atoms with Crippen molar-refractivity contribution >= 4 is 11.6 Å². The molecule has 0 aromatic rings. The van der Waals surface area contributed by atoms with Crippen LogP contribution in [0.3, 0.4) is 0 Å². The SMILES string of the molecule is CC(=O)CC[C@]12CC(=O)[C@](OCC(F)(F)F)(C(C)C)[C@H](C=C1C)O2. The molecule has 7 heteroatoms. The summed E-state index contributed by atoms with van der Waals surface area (Å²) in [5.41, 5.74) is -1.76. The fraction of sp³-hybridized carbons (Fsp3) is 0.765. The summed E-state index contributed by atoms with van der Waals surface area (Å²) in [5.74, 6) is -0.898. The zero-order valence-electron chi connectivity index (χ0n) is 14.3. The zero-order valence-corrected chi connectivity index (χ0v) is 14.3. The lowest BCUT2D eigenvalue weighted by atomic mass is 9.75. The molecule has 0 radical (unpaired) electrons. The molecule has 24 heavy (non-hydrogen) atoms. The first-order valence-corrected chi connectivity index (χ1v) is 8.03. The van der Waals surface area contributed by atoms with Crippen molar-refractivity contribution < 1.29 is 32.2 Å². The molecule has 0 N–H and O–H groups in total. The summed E-state index contributed by atoms with van der Waals surface area (Å²) >= 11 is 0. The molecular weight excluding hydrogens is 325 g/mol. The molecule has 0 aromatic heterocycles. The molecule has 2 heterocycles. The van der Waals surface area contributed by atoms with Gasteiger partial charge in [-0.1, -0.05) is 19.9 Å². The second-order valence-corrected chi connectivity index (χ2v) is 7.04. The van der Waals surface area contributed by atoms with E-state index >= 15 is 0 Å². The van der Waals surface area contributed by atoms with Gasteiger partial charge in [-0.25, -0.2) is 0 Å². The Hall–Kier alpha value is -1.21. The second-order valence-electron chi connectivity index (χ2n) is 7.04. The van der Waals surface area contributed by atoms with Crippen LogP contribution in [-0.2, 0) is 19.1 Å². The number of carbonyl (C=O) groups excluding carboxylic acids is 2. The van der Waals surface area contributed by atoms with Gasteiger partial charge in [-0.15, -0.1) is 0 Å². The first-order valence-electron chi connectivity index (χ1n) is 8.03. The predicted molar refractivity (Wildman–Crippen MR) is 80.5 cm³/mol. The van der Waals surface area contributed by atoms with E-state index in [2.05, 4.69) is 0 Å². The van der Waals surface area contributed by atoms with Crippen LogP contribution in [0.2, 0.25) is 0 Å². The summed E-state index contributed by atoms with van der Waals surface area (Å²) < 4.78 is 49.1. The van der Waals surface area contributed by atoms with Gasteiger partial charge in [-0.2, -0.15) is 13.2 Å². The minimum Gasteiger partial charge on any atom is -0.359 e. The molecule has 136 valence electrons. The number of hydrogen-bond donors (Lipinski definition) is 0. The summed E-state index contributed by atoms with van der Waals surface area (Å²) in [7, 11) is 0. The van der Waals surface area contributed by atoms with E-state index in [1.54, 1.807) is 26.8 Å². The number of halogens is 3. The molecule has 3 atom stereocenters. The van der Waals surface area contributed by atoms with E-state index in [0.29, 0.717) is 6.42 Å². The normalized spacial score (nSPS) is 33.1. The maximum atomic E-state index is 12.8. The quantitative estimate of drug-likeness (QED) is 0.691. The maximum Gasteiger partial charge on any atom is 0.411 e. The molecule has 4 nitrogen and oxygen atoms in total. The third-order valence-corrected chi connectivity index (χ3v) is 4.99. The van der Waals surface area contributed by atoms with E-state index in [1.165, 1.54) is 6.92 Å². The molecule has 1 fully saturated rings. The molecule has 0 unspecified atom stereocenters. The third kappa shape index (κ3) is 3.28. The number of alkyl halides is 3. The molecule has 1 saturated heterocycles. The van der Waals surface area contributed by atoms with Crippen molar-refractivity contribution in [1.29, 1.82) is 0 Å². The highest BCUT2D eigenvalue weighted by molar-refractivity contribution is 5.92. The van der Waals surface area contributed by atoms with Crippen molar-refractivity contribution in [2.45, 2.75) is 70.4 Å². The lowest BCUT2D eigenvalue weighted by Gasteiger charge is -2.47. The molecule has 2 rings (SSSR count). The molecule has 2 aliphatic heterocycles. The Morgan fingerprint density at radius 2 is 2.08 bits per heavy atom. The Labute approximate surface area is 139 Å². The minimum atomic E-state index is -4.53. The molecule has 0 spiro atoms. The Morgan fingerprint density at radius 3 is 2.58 bits per heavy atom. The van der Waals surface area contributed by atoms with Gasteiger partial charge in [0.15, 0.2) is 11.4 Å². The number of hydrogen-bond acceptors (Lipinski definition) is 4. The number of rotatable bonds is 6. The smallest absolute Gasteiger partial charge is 0.359 e. The van der Waals surface area contributed by atoms with Gasteiger partial charge in [0.25, 0.3) is 0 Å². The van der Waals surface area contributed by atoms with Gasteiger partial charge in [0.05, 0.1) is 5.60 Å². The highest BCUT2D eigenvalue weighted by Crippen LogP contribution is 2.50. The number of carbonyl (C=O) groups is 2. The van der Waals surface area contributed by atoms with Gasteiger partial charge in [0.2, 0.25) is 0 Å². The minimum absolute atomic E-state index is 0.0225. The Balaban J connectivity index is 2.31. The topological polar surface area (TPSA) is 52.6 Å². The van der Waals surface area contributed by atoms with Crippen molar-refractivity contribution in [2.24, 2.45) is 5.92 Å². The lowest BCUT2D eigenvalue weighted by molar-refractivity contribution is -0.248. The fourth-order valence-corrected chi connectivity index (χ4v) is 3.60. The van der Waals surface area contributed by atoms with E-state index < -0.39 is 41.8 Å². The Morgan fingerprint density at radius 1 is 1.46 bits per heavy atom. The van der Waals surface area contributed by atoms with Gasteiger partial charge in [0.1, 0.15) is 18.5 Å². The van der Waals surface area contributed by atoms with Crippen LogP contribution in [0.1, 0.15) is 47.0 Å². The van der Waals surface area contributed by atoms with Gasteiger partial charge < -0.3 is 14.3 Å².